The highest BCUT2D eigenvalue weighted by molar-refractivity contribution is 6.06. The second-order valence-electron chi connectivity index (χ2n) is 8.04. The van der Waals surface area contributed by atoms with Gasteiger partial charge in [0, 0.05) is 16.9 Å². The lowest BCUT2D eigenvalue weighted by Crippen LogP contribution is -2.20. The van der Waals surface area contributed by atoms with Crippen molar-refractivity contribution in [3.63, 3.8) is 0 Å². The van der Waals surface area contributed by atoms with Crippen LogP contribution in [0.3, 0.4) is 0 Å². The fraction of sp³-hybridized carbons (Fsp3) is 0.115. The third-order valence-electron chi connectivity index (χ3n) is 5.44. The number of carbonyl (C=O) groups is 1. The van der Waals surface area contributed by atoms with Crippen LogP contribution in [0.15, 0.2) is 76.5 Å². The molecule has 0 aromatic heterocycles. The SMILES string of the molecule is C/C(=N\c1cc(NC(=O)Nc2cc(C(F)(F)F)ccc2F)ccc1C)c1c2cccccc-2[nH]c1=O. The minimum Gasteiger partial charge on any atom is -0.321 e. The van der Waals surface area contributed by atoms with Gasteiger partial charge < -0.3 is 15.6 Å². The number of nitrogens with one attached hydrogen (secondary N) is 3. The fourth-order valence-electron chi connectivity index (χ4n) is 3.67. The number of fused-ring (bicyclic) bond motifs is 1. The van der Waals surface area contributed by atoms with Crippen molar-refractivity contribution in [2.24, 2.45) is 4.99 Å². The summed E-state index contributed by atoms with van der Waals surface area (Å²) in [5.41, 5.74) is 1.73. The maximum absolute atomic E-state index is 14.0. The molecule has 2 aromatic carbocycles. The summed E-state index contributed by atoms with van der Waals surface area (Å²) in [6.07, 6.45) is -4.69. The Bertz CT molecular complexity index is 1510. The van der Waals surface area contributed by atoms with E-state index in [2.05, 4.69) is 20.6 Å². The Labute approximate surface area is 203 Å². The Balaban J connectivity index is 1.58. The van der Waals surface area contributed by atoms with Crippen LogP contribution < -0.4 is 16.2 Å². The summed E-state index contributed by atoms with van der Waals surface area (Å²) in [6.45, 7) is 3.49. The number of nitrogens with zero attached hydrogens (tertiary/aromatic N) is 1. The second kappa shape index (κ2) is 9.65. The number of aromatic nitrogens is 1. The number of halogens is 4. The van der Waals surface area contributed by atoms with E-state index in [0.717, 1.165) is 5.56 Å². The monoisotopic (exact) mass is 496 g/mol. The Kier molecular flexibility index (Phi) is 6.61. The van der Waals surface area contributed by atoms with Crippen LogP contribution in [0.2, 0.25) is 0 Å². The number of anilines is 2. The average molecular weight is 496 g/mol. The number of aromatic amines is 1. The molecule has 0 atom stereocenters. The Morgan fingerprint density at radius 1 is 0.972 bits per heavy atom. The number of amides is 2. The molecule has 1 aliphatic heterocycles. The Morgan fingerprint density at radius 2 is 1.72 bits per heavy atom. The highest BCUT2D eigenvalue weighted by Crippen LogP contribution is 2.32. The quantitative estimate of drug-likeness (QED) is 0.216. The predicted molar refractivity (Wildman–Crippen MR) is 131 cm³/mol. The average Bonchev–Trinajstić information content (AvgIpc) is 2.95. The first-order chi connectivity index (χ1) is 17.0. The number of aliphatic imine (C=N–C) groups is 1. The third-order valence-corrected chi connectivity index (χ3v) is 5.44. The number of hydrogen-bond donors (Lipinski definition) is 3. The van der Waals surface area contributed by atoms with Crippen LogP contribution >= 0.6 is 0 Å². The summed E-state index contributed by atoms with van der Waals surface area (Å²) in [5, 5.41) is 4.55. The molecule has 2 aromatic rings. The molecule has 0 saturated carbocycles. The molecule has 0 radical (unpaired) electrons. The second-order valence-corrected chi connectivity index (χ2v) is 8.04. The van der Waals surface area contributed by atoms with Gasteiger partial charge in [-0.3, -0.25) is 9.79 Å². The number of urea groups is 1. The molecule has 6 nitrogen and oxygen atoms in total. The van der Waals surface area contributed by atoms with Crippen molar-refractivity contribution in [3.05, 3.63) is 99.6 Å². The summed E-state index contributed by atoms with van der Waals surface area (Å²) >= 11 is 0. The largest absolute Gasteiger partial charge is 0.416 e. The van der Waals surface area contributed by atoms with Gasteiger partial charge in [-0.2, -0.15) is 13.2 Å². The van der Waals surface area contributed by atoms with Gasteiger partial charge in [-0.05, 0) is 55.8 Å². The van der Waals surface area contributed by atoms with Crippen LogP contribution in [0.4, 0.5) is 39.4 Å². The smallest absolute Gasteiger partial charge is 0.321 e. The predicted octanol–water partition coefficient (Wildman–Crippen LogP) is 6.73. The topological polar surface area (TPSA) is 86.3 Å². The van der Waals surface area contributed by atoms with Crippen molar-refractivity contribution in [2.45, 2.75) is 20.0 Å². The highest BCUT2D eigenvalue weighted by atomic mass is 19.4. The van der Waals surface area contributed by atoms with Crippen molar-refractivity contribution in [1.29, 1.82) is 0 Å². The molecule has 10 heteroatoms. The van der Waals surface area contributed by atoms with Crippen LogP contribution in [0.1, 0.15) is 23.6 Å². The molecular formula is C26H20F4N4O2. The zero-order valence-corrected chi connectivity index (χ0v) is 19.1. The first kappa shape index (κ1) is 24.6. The molecular weight excluding hydrogens is 476 g/mol. The van der Waals surface area contributed by atoms with E-state index < -0.39 is 29.3 Å². The molecule has 0 fully saturated rings. The van der Waals surface area contributed by atoms with Crippen molar-refractivity contribution in [1.82, 2.24) is 4.98 Å². The van der Waals surface area contributed by atoms with Gasteiger partial charge in [0.05, 0.1) is 28.2 Å². The molecule has 36 heavy (non-hydrogen) atoms. The zero-order chi connectivity index (χ0) is 26.0. The molecule has 1 heterocycles. The van der Waals surface area contributed by atoms with Gasteiger partial charge >= 0.3 is 12.2 Å². The van der Waals surface area contributed by atoms with Crippen molar-refractivity contribution in [2.75, 3.05) is 10.6 Å². The summed E-state index contributed by atoms with van der Waals surface area (Å²) in [5.74, 6) is -1.01. The maximum Gasteiger partial charge on any atom is 0.416 e. The van der Waals surface area contributed by atoms with Gasteiger partial charge in [-0.1, -0.05) is 30.3 Å². The number of hydrogen-bond acceptors (Lipinski definition) is 3. The first-order valence-corrected chi connectivity index (χ1v) is 10.7. The normalized spacial score (nSPS) is 12.0. The maximum atomic E-state index is 14.0. The van der Waals surface area contributed by atoms with Crippen molar-refractivity contribution < 1.29 is 22.4 Å². The van der Waals surface area contributed by atoms with Crippen LogP contribution in [0, 0.1) is 12.7 Å². The minimum absolute atomic E-state index is 0.268. The standard InChI is InChI=1S/C26H20F4N4O2/c1-14-8-10-17(32-25(36)34-22-12-16(26(28,29)30)9-11-19(22)27)13-21(14)31-15(2)23-18-6-4-3-5-7-20(18)33-24(23)35/h3-13H,1-2H3,(H,33,35)(H2,32,34,36)/b31-15+. The number of rotatable bonds is 4. The van der Waals surface area contributed by atoms with Crippen LogP contribution in [0.5, 0.6) is 0 Å². The lowest BCUT2D eigenvalue weighted by Gasteiger charge is -2.12. The number of alkyl halides is 3. The van der Waals surface area contributed by atoms with Crippen LogP contribution in [0.25, 0.3) is 11.3 Å². The molecule has 0 bridgehead atoms. The van der Waals surface area contributed by atoms with Gasteiger partial charge in [0.2, 0.25) is 0 Å². The van der Waals surface area contributed by atoms with E-state index in [4.69, 9.17) is 0 Å². The van der Waals surface area contributed by atoms with E-state index in [9.17, 15) is 27.2 Å². The molecule has 2 amide bonds. The van der Waals surface area contributed by atoms with E-state index in [1.165, 1.54) is 0 Å². The van der Waals surface area contributed by atoms with Crippen molar-refractivity contribution >= 4 is 28.8 Å². The minimum atomic E-state index is -4.69. The summed E-state index contributed by atoms with van der Waals surface area (Å²) in [7, 11) is 0. The van der Waals surface area contributed by atoms with Gasteiger partial charge in [-0.25, -0.2) is 9.18 Å². The van der Waals surface area contributed by atoms with Gasteiger partial charge in [-0.15, -0.1) is 0 Å². The van der Waals surface area contributed by atoms with E-state index in [0.29, 0.717) is 46.4 Å². The van der Waals surface area contributed by atoms with E-state index >= 15 is 0 Å². The fourth-order valence-corrected chi connectivity index (χ4v) is 3.67. The molecule has 0 spiro atoms. The van der Waals surface area contributed by atoms with Crippen molar-refractivity contribution in [3.8, 4) is 11.3 Å². The molecule has 2 aliphatic rings. The van der Waals surface area contributed by atoms with Gasteiger partial charge in [0.1, 0.15) is 5.82 Å². The molecule has 0 unspecified atom stereocenters. The molecule has 3 N–H and O–H groups in total. The van der Waals surface area contributed by atoms with E-state index in [-0.39, 0.29) is 11.2 Å². The molecule has 184 valence electrons. The van der Waals surface area contributed by atoms with Gasteiger partial charge in [0.25, 0.3) is 5.56 Å². The highest BCUT2D eigenvalue weighted by Gasteiger charge is 2.31. The Morgan fingerprint density at radius 3 is 2.47 bits per heavy atom. The number of carbonyl (C=O) groups excluding carboxylic acids is 1. The lowest BCUT2D eigenvalue weighted by molar-refractivity contribution is -0.137. The number of H-pyrrole nitrogens is 1. The van der Waals surface area contributed by atoms with E-state index in [1.54, 1.807) is 38.1 Å². The summed E-state index contributed by atoms with van der Waals surface area (Å²) in [6, 6.07) is 14.7. The number of benzene rings is 2. The summed E-state index contributed by atoms with van der Waals surface area (Å²) < 4.78 is 52.7. The van der Waals surface area contributed by atoms with Gasteiger partial charge in [0.15, 0.2) is 0 Å². The number of aryl methyl sites for hydroxylation is 1. The molecule has 1 aliphatic carbocycles. The van der Waals surface area contributed by atoms with Crippen LogP contribution in [-0.4, -0.2) is 16.7 Å². The van der Waals surface area contributed by atoms with Crippen LogP contribution in [-0.2, 0) is 6.18 Å². The third kappa shape index (κ3) is 5.27. The lowest BCUT2D eigenvalue weighted by atomic mass is 10.1. The molecule has 0 saturated heterocycles. The summed E-state index contributed by atoms with van der Waals surface area (Å²) in [4.78, 5) is 32.3. The Hall–Kier alpha value is -4.47. The zero-order valence-electron chi connectivity index (χ0n) is 19.1. The van der Waals surface area contributed by atoms with E-state index in [1.807, 2.05) is 24.3 Å². The first-order valence-electron chi connectivity index (χ1n) is 10.7. The molecule has 4 rings (SSSR count).